The Balaban J connectivity index is 2.00. The van der Waals surface area contributed by atoms with E-state index in [0.29, 0.717) is 32.4 Å². The molecule has 0 aromatic heterocycles. The number of likely N-dealkylation sites (tertiary alicyclic amines) is 1. The molecule has 1 heterocycles. The van der Waals surface area contributed by atoms with Gasteiger partial charge in [-0.25, -0.2) is 0 Å². The quantitative estimate of drug-likeness (QED) is 0.825. The molecule has 2 rings (SSSR count). The van der Waals surface area contributed by atoms with Crippen molar-refractivity contribution in [1.29, 1.82) is 0 Å². The van der Waals surface area contributed by atoms with Gasteiger partial charge in [0.25, 0.3) is 10.2 Å². The van der Waals surface area contributed by atoms with Crippen molar-refractivity contribution in [2.24, 2.45) is 0 Å². The number of carbonyl (C=O) groups is 1. The lowest BCUT2D eigenvalue weighted by Gasteiger charge is -2.22. The van der Waals surface area contributed by atoms with E-state index in [0.717, 1.165) is 15.6 Å². The normalized spacial score (nSPS) is 19.4. The highest BCUT2D eigenvalue weighted by Gasteiger charge is 2.26. The molecule has 0 saturated carbocycles. The second-order valence-electron chi connectivity index (χ2n) is 6.10. The van der Waals surface area contributed by atoms with Crippen LogP contribution in [-0.4, -0.2) is 57.3 Å². The van der Waals surface area contributed by atoms with Gasteiger partial charge >= 0.3 is 0 Å². The lowest BCUT2D eigenvalue weighted by molar-refractivity contribution is -0.131. The van der Waals surface area contributed by atoms with Crippen molar-refractivity contribution in [1.82, 2.24) is 13.9 Å². The van der Waals surface area contributed by atoms with Gasteiger partial charge in [0.2, 0.25) is 5.91 Å². The van der Waals surface area contributed by atoms with Gasteiger partial charge in [0.15, 0.2) is 0 Å². The molecular formula is C16H25N3O4S. The first-order chi connectivity index (χ1) is 11.3. The topological polar surface area (TPSA) is 79.0 Å². The highest BCUT2D eigenvalue weighted by Crippen LogP contribution is 2.18. The molecular weight excluding hydrogens is 330 g/mol. The van der Waals surface area contributed by atoms with E-state index in [9.17, 15) is 13.2 Å². The molecule has 134 valence electrons. The molecule has 1 fully saturated rings. The minimum atomic E-state index is -3.48. The van der Waals surface area contributed by atoms with Gasteiger partial charge in [0.1, 0.15) is 5.75 Å². The molecule has 1 aliphatic rings. The fraction of sp³-hybridized carbons (Fsp3) is 0.562. The van der Waals surface area contributed by atoms with Crippen molar-refractivity contribution >= 4 is 16.1 Å². The number of benzene rings is 1. The molecule has 0 aliphatic carbocycles. The zero-order valence-electron chi connectivity index (χ0n) is 14.4. The van der Waals surface area contributed by atoms with Gasteiger partial charge < -0.3 is 9.64 Å². The summed E-state index contributed by atoms with van der Waals surface area (Å²) in [5, 5.41) is 0. The van der Waals surface area contributed by atoms with Crippen LogP contribution in [0.5, 0.6) is 5.75 Å². The summed E-state index contributed by atoms with van der Waals surface area (Å²) in [5.74, 6) is 0.802. The average molecular weight is 355 g/mol. The molecule has 7 nitrogen and oxygen atoms in total. The summed E-state index contributed by atoms with van der Waals surface area (Å²) >= 11 is 0. The van der Waals surface area contributed by atoms with Gasteiger partial charge in [-0.15, -0.1) is 0 Å². The molecule has 1 N–H and O–H groups in total. The van der Waals surface area contributed by atoms with Crippen molar-refractivity contribution in [2.75, 3.05) is 27.7 Å². The number of nitrogens with zero attached hydrogens (tertiary/aromatic N) is 2. The van der Waals surface area contributed by atoms with E-state index in [2.05, 4.69) is 4.72 Å². The van der Waals surface area contributed by atoms with Gasteiger partial charge in [0.05, 0.1) is 7.11 Å². The zero-order chi connectivity index (χ0) is 17.7. The van der Waals surface area contributed by atoms with Crippen LogP contribution >= 0.6 is 0 Å². The molecule has 0 radical (unpaired) electrons. The van der Waals surface area contributed by atoms with Gasteiger partial charge in [-0.1, -0.05) is 12.1 Å². The molecule has 1 unspecified atom stereocenters. The summed E-state index contributed by atoms with van der Waals surface area (Å²) in [6.45, 7) is 1.03. The van der Waals surface area contributed by atoms with Crippen LogP contribution in [0, 0.1) is 0 Å². The minimum Gasteiger partial charge on any atom is -0.497 e. The van der Waals surface area contributed by atoms with Crippen LogP contribution in [0.15, 0.2) is 24.3 Å². The van der Waals surface area contributed by atoms with Crippen LogP contribution in [0.1, 0.15) is 24.8 Å². The summed E-state index contributed by atoms with van der Waals surface area (Å²) in [7, 11) is 1.10. The molecule has 1 aliphatic heterocycles. The molecule has 1 atom stereocenters. The van der Waals surface area contributed by atoms with E-state index in [4.69, 9.17) is 4.74 Å². The lowest BCUT2D eigenvalue weighted by atomic mass is 10.1. The second-order valence-corrected chi connectivity index (χ2v) is 8.01. The maximum absolute atomic E-state index is 12.3. The fourth-order valence-electron chi connectivity index (χ4n) is 2.63. The van der Waals surface area contributed by atoms with Crippen LogP contribution in [0.3, 0.4) is 0 Å². The van der Waals surface area contributed by atoms with Gasteiger partial charge in [-0.3, -0.25) is 4.79 Å². The monoisotopic (exact) mass is 355 g/mol. The molecule has 24 heavy (non-hydrogen) atoms. The number of amides is 1. The molecule has 0 bridgehead atoms. The standard InChI is InChI=1S/C16H25N3O4S/c1-18(2)24(21,22)17-14-7-8-16(20)19(10-9-14)12-13-5-4-6-15(11-13)23-3/h4-6,11,14,17H,7-10,12H2,1-3H3. The second kappa shape index (κ2) is 7.96. The van der Waals surface area contributed by atoms with Gasteiger partial charge in [-0.05, 0) is 30.5 Å². The molecule has 1 aromatic rings. The summed E-state index contributed by atoms with van der Waals surface area (Å²) < 4.78 is 32.9. The van der Waals surface area contributed by atoms with E-state index in [1.807, 2.05) is 24.3 Å². The van der Waals surface area contributed by atoms with Crippen LogP contribution in [-0.2, 0) is 21.5 Å². The number of carbonyl (C=O) groups excluding carboxylic acids is 1. The van der Waals surface area contributed by atoms with E-state index in [1.54, 1.807) is 12.0 Å². The summed E-state index contributed by atoms with van der Waals surface area (Å²) in [6.07, 6.45) is 1.45. The van der Waals surface area contributed by atoms with Crippen LogP contribution in [0.2, 0.25) is 0 Å². The van der Waals surface area contributed by atoms with E-state index >= 15 is 0 Å². The third kappa shape index (κ3) is 4.93. The van der Waals surface area contributed by atoms with Crippen molar-refractivity contribution < 1.29 is 17.9 Å². The Morgan fingerprint density at radius 1 is 1.33 bits per heavy atom. The van der Waals surface area contributed by atoms with Crippen LogP contribution in [0.4, 0.5) is 0 Å². The first-order valence-corrected chi connectivity index (χ1v) is 9.36. The number of ether oxygens (including phenoxy) is 1. The molecule has 1 saturated heterocycles. The maximum Gasteiger partial charge on any atom is 0.279 e. The van der Waals surface area contributed by atoms with E-state index < -0.39 is 10.2 Å². The maximum atomic E-state index is 12.3. The van der Waals surface area contributed by atoms with E-state index in [1.165, 1.54) is 14.1 Å². The Bertz CT molecular complexity index is 676. The number of hydrogen-bond acceptors (Lipinski definition) is 4. The lowest BCUT2D eigenvalue weighted by Crippen LogP contribution is -2.42. The minimum absolute atomic E-state index is 0.0457. The van der Waals surface area contributed by atoms with E-state index in [-0.39, 0.29) is 11.9 Å². The number of hydrogen-bond donors (Lipinski definition) is 1. The Labute approximate surface area is 143 Å². The molecule has 8 heteroatoms. The summed E-state index contributed by atoms with van der Waals surface area (Å²) in [6, 6.07) is 7.39. The Hall–Kier alpha value is -1.64. The van der Waals surface area contributed by atoms with Gasteiger partial charge in [0, 0.05) is 39.6 Å². The zero-order valence-corrected chi connectivity index (χ0v) is 15.2. The third-order valence-electron chi connectivity index (χ3n) is 4.11. The Morgan fingerprint density at radius 2 is 2.08 bits per heavy atom. The van der Waals surface area contributed by atoms with Crippen molar-refractivity contribution in [3.8, 4) is 5.75 Å². The first kappa shape index (κ1) is 18.7. The van der Waals surface area contributed by atoms with Crippen LogP contribution in [0.25, 0.3) is 0 Å². The fourth-order valence-corrected chi connectivity index (χ4v) is 3.50. The number of methoxy groups -OCH3 is 1. The largest absolute Gasteiger partial charge is 0.497 e. The predicted molar refractivity (Wildman–Crippen MR) is 91.8 cm³/mol. The van der Waals surface area contributed by atoms with Crippen molar-refractivity contribution in [3.63, 3.8) is 0 Å². The smallest absolute Gasteiger partial charge is 0.279 e. The van der Waals surface area contributed by atoms with Gasteiger partial charge in [-0.2, -0.15) is 17.4 Å². The number of rotatable bonds is 6. The molecule has 0 spiro atoms. The average Bonchev–Trinajstić information content (AvgIpc) is 2.70. The molecule has 1 aromatic carbocycles. The van der Waals surface area contributed by atoms with Crippen molar-refractivity contribution in [3.05, 3.63) is 29.8 Å². The highest BCUT2D eigenvalue weighted by molar-refractivity contribution is 7.87. The SMILES string of the molecule is COc1cccc(CN2CCC(NS(=O)(=O)N(C)C)CCC2=O)c1. The highest BCUT2D eigenvalue weighted by atomic mass is 32.2. The Morgan fingerprint density at radius 3 is 2.75 bits per heavy atom. The molecule has 1 amide bonds. The first-order valence-electron chi connectivity index (χ1n) is 7.92. The predicted octanol–water partition coefficient (Wildman–Crippen LogP) is 0.972. The third-order valence-corrected chi connectivity index (χ3v) is 5.70. The summed E-state index contributed by atoms with van der Waals surface area (Å²) in [4.78, 5) is 14.1. The van der Waals surface area contributed by atoms with Crippen molar-refractivity contribution in [2.45, 2.75) is 31.8 Å². The van der Waals surface area contributed by atoms with Crippen LogP contribution < -0.4 is 9.46 Å². The summed E-state index contributed by atoms with van der Waals surface area (Å²) in [5.41, 5.74) is 0.995. The Kier molecular flexibility index (Phi) is 6.20. The number of nitrogens with one attached hydrogen (secondary N) is 1.